The third-order valence-electron chi connectivity index (χ3n) is 4.26. The highest BCUT2D eigenvalue weighted by Gasteiger charge is 2.14. The van der Waals surface area contributed by atoms with Gasteiger partial charge >= 0.3 is 0 Å². The Morgan fingerprint density at radius 2 is 1.73 bits per heavy atom. The maximum absolute atomic E-state index is 13.1. The van der Waals surface area contributed by atoms with Gasteiger partial charge in [-0.2, -0.15) is 0 Å². The van der Waals surface area contributed by atoms with E-state index in [-0.39, 0.29) is 5.82 Å². The molecule has 0 amide bonds. The van der Waals surface area contributed by atoms with Crippen molar-refractivity contribution >= 4 is 6.29 Å². The maximum atomic E-state index is 13.1. The molecule has 0 saturated carbocycles. The van der Waals surface area contributed by atoms with Gasteiger partial charge in [0.1, 0.15) is 12.1 Å². The highest BCUT2D eigenvalue weighted by atomic mass is 19.1. The van der Waals surface area contributed by atoms with Gasteiger partial charge in [-0.25, -0.2) is 4.39 Å². The fourth-order valence-corrected chi connectivity index (χ4v) is 3.09. The monoisotopic (exact) mass is 297 g/mol. The Labute approximate surface area is 130 Å². The topological polar surface area (TPSA) is 20.3 Å². The number of halogens is 1. The summed E-state index contributed by atoms with van der Waals surface area (Å²) in [7, 11) is 0. The number of aldehydes is 1. The van der Waals surface area contributed by atoms with Gasteiger partial charge in [0.05, 0.1) is 0 Å². The minimum Gasteiger partial charge on any atom is -0.299 e. The van der Waals surface area contributed by atoms with E-state index in [0.717, 1.165) is 42.6 Å². The number of carbonyl (C=O) groups excluding carboxylic acids is 1. The van der Waals surface area contributed by atoms with Crippen molar-refractivity contribution < 1.29 is 9.18 Å². The number of carbonyl (C=O) groups is 1. The number of nitrogens with zero attached hydrogens (tertiary/aromatic N) is 1. The zero-order chi connectivity index (χ0) is 15.4. The van der Waals surface area contributed by atoms with Crippen LogP contribution in [-0.2, 0) is 6.54 Å². The van der Waals surface area contributed by atoms with E-state index in [1.165, 1.54) is 31.4 Å². The van der Waals surface area contributed by atoms with E-state index in [1.54, 1.807) is 12.1 Å². The lowest BCUT2D eigenvalue weighted by Crippen LogP contribution is -2.29. The van der Waals surface area contributed by atoms with Crippen LogP contribution in [-0.4, -0.2) is 24.3 Å². The molecule has 114 valence electrons. The van der Waals surface area contributed by atoms with Crippen LogP contribution in [0.2, 0.25) is 0 Å². The molecule has 2 nitrogen and oxygen atoms in total. The third-order valence-corrected chi connectivity index (χ3v) is 4.26. The maximum Gasteiger partial charge on any atom is 0.150 e. The fourth-order valence-electron chi connectivity index (χ4n) is 3.09. The Balaban J connectivity index is 1.93. The van der Waals surface area contributed by atoms with Crippen LogP contribution in [0, 0.1) is 5.82 Å². The van der Waals surface area contributed by atoms with Gasteiger partial charge < -0.3 is 0 Å². The molecule has 1 aliphatic rings. The molecule has 0 bridgehead atoms. The first-order valence-corrected chi connectivity index (χ1v) is 7.82. The number of benzene rings is 2. The van der Waals surface area contributed by atoms with Crippen LogP contribution >= 0.6 is 0 Å². The predicted octanol–water partition coefficient (Wildman–Crippen LogP) is 4.29. The molecule has 3 heteroatoms. The van der Waals surface area contributed by atoms with Crippen LogP contribution in [0.5, 0.6) is 0 Å². The van der Waals surface area contributed by atoms with E-state index < -0.39 is 0 Å². The smallest absolute Gasteiger partial charge is 0.150 e. The normalized spacial score (nSPS) is 15.7. The summed E-state index contributed by atoms with van der Waals surface area (Å²) in [5.74, 6) is -0.231. The van der Waals surface area contributed by atoms with Crippen molar-refractivity contribution in [2.45, 2.75) is 25.8 Å². The molecule has 0 atom stereocenters. The van der Waals surface area contributed by atoms with E-state index in [4.69, 9.17) is 0 Å². The SMILES string of the molecule is O=Cc1ccc(-c2ccc(F)cc2)c(CN2CCCCC2)c1. The van der Waals surface area contributed by atoms with E-state index in [9.17, 15) is 9.18 Å². The van der Waals surface area contributed by atoms with Crippen LogP contribution in [0.25, 0.3) is 11.1 Å². The van der Waals surface area contributed by atoms with E-state index in [1.807, 2.05) is 18.2 Å². The zero-order valence-corrected chi connectivity index (χ0v) is 12.6. The van der Waals surface area contributed by atoms with Crippen LogP contribution in [0.1, 0.15) is 35.2 Å². The Bertz CT molecular complexity index is 645. The molecule has 22 heavy (non-hydrogen) atoms. The molecule has 0 aliphatic carbocycles. The standard InChI is InChI=1S/C19H20FNO/c20-18-7-5-16(6-8-18)19-9-4-15(14-22)12-17(19)13-21-10-2-1-3-11-21/h4-9,12,14H,1-3,10-11,13H2. The summed E-state index contributed by atoms with van der Waals surface area (Å²) in [5.41, 5.74) is 3.90. The molecule has 2 aromatic carbocycles. The van der Waals surface area contributed by atoms with Crippen molar-refractivity contribution in [2.75, 3.05) is 13.1 Å². The number of hydrogen-bond donors (Lipinski definition) is 0. The van der Waals surface area contributed by atoms with E-state index in [0.29, 0.717) is 5.56 Å². The lowest BCUT2D eigenvalue weighted by atomic mass is 9.96. The molecule has 1 heterocycles. The first-order valence-electron chi connectivity index (χ1n) is 7.82. The molecule has 0 spiro atoms. The Morgan fingerprint density at radius 1 is 1.00 bits per heavy atom. The molecule has 2 aromatic rings. The zero-order valence-electron chi connectivity index (χ0n) is 12.6. The van der Waals surface area contributed by atoms with Gasteiger partial charge in [-0.05, 0) is 60.8 Å². The Hall–Kier alpha value is -2.00. The van der Waals surface area contributed by atoms with Gasteiger partial charge in [-0.1, -0.05) is 30.7 Å². The van der Waals surface area contributed by atoms with Crippen molar-refractivity contribution in [1.82, 2.24) is 4.90 Å². The molecule has 1 saturated heterocycles. The van der Waals surface area contributed by atoms with Gasteiger partial charge in [-0.15, -0.1) is 0 Å². The summed E-state index contributed by atoms with van der Waals surface area (Å²) < 4.78 is 13.1. The summed E-state index contributed by atoms with van der Waals surface area (Å²) in [5, 5.41) is 0. The Morgan fingerprint density at radius 3 is 2.41 bits per heavy atom. The largest absolute Gasteiger partial charge is 0.299 e. The third kappa shape index (κ3) is 3.42. The van der Waals surface area contributed by atoms with Crippen molar-refractivity contribution in [2.24, 2.45) is 0 Å². The van der Waals surface area contributed by atoms with Gasteiger partial charge in [0.2, 0.25) is 0 Å². The highest BCUT2D eigenvalue weighted by molar-refractivity contribution is 5.78. The van der Waals surface area contributed by atoms with Gasteiger partial charge in [0.15, 0.2) is 0 Å². The van der Waals surface area contributed by atoms with E-state index >= 15 is 0 Å². The van der Waals surface area contributed by atoms with Crippen molar-refractivity contribution in [1.29, 1.82) is 0 Å². The molecular weight excluding hydrogens is 277 g/mol. The fraction of sp³-hybridized carbons (Fsp3) is 0.316. The Kier molecular flexibility index (Phi) is 4.64. The number of hydrogen-bond acceptors (Lipinski definition) is 2. The van der Waals surface area contributed by atoms with Crippen LogP contribution in [0.4, 0.5) is 4.39 Å². The summed E-state index contributed by atoms with van der Waals surface area (Å²) >= 11 is 0. The van der Waals surface area contributed by atoms with Crippen molar-refractivity contribution in [3.63, 3.8) is 0 Å². The molecule has 1 aliphatic heterocycles. The van der Waals surface area contributed by atoms with Gasteiger partial charge in [-0.3, -0.25) is 9.69 Å². The lowest BCUT2D eigenvalue weighted by molar-refractivity contribution is 0.112. The molecule has 3 rings (SSSR count). The van der Waals surface area contributed by atoms with Crippen LogP contribution in [0.15, 0.2) is 42.5 Å². The van der Waals surface area contributed by atoms with Crippen LogP contribution < -0.4 is 0 Å². The lowest BCUT2D eigenvalue weighted by Gasteiger charge is -2.27. The predicted molar refractivity (Wildman–Crippen MR) is 86.4 cm³/mol. The summed E-state index contributed by atoms with van der Waals surface area (Å²) in [4.78, 5) is 13.5. The number of rotatable bonds is 4. The molecule has 0 radical (unpaired) electrons. The highest BCUT2D eigenvalue weighted by Crippen LogP contribution is 2.27. The molecule has 0 aromatic heterocycles. The summed E-state index contributed by atoms with van der Waals surface area (Å²) in [6.45, 7) is 3.05. The molecule has 0 N–H and O–H groups in total. The number of likely N-dealkylation sites (tertiary alicyclic amines) is 1. The van der Waals surface area contributed by atoms with Gasteiger partial charge in [0, 0.05) is 12.1 Å². The molecular formula is C19H20FNO. The molecule has 0 unspecified atom stereocenters. The average molecular weight is 297 g/mol. The minimum atomic E-state index is -0.231. The van der Waals surface area contributed by atoms with Gasteiger partial charge in [0.25, 0.3) is 0 Å². The van der Waals surface area contributed by atoms with Crippen molar-refractivity contribution in [3.05, 3.63) is 59.4 Å². The minimum absolute atomic E-state index is 0.231. The first kappa shape index (κ1) is 14.9. The second kappa shape index (κ2) is 6.84. The van der Waals surface area contributed by atoms with Crippen LogP contribution in [0.3, 0.4) is 0 Å². The number of piperidine rings is 1. The first-order chi connectivity index (χ1) is 10.8. The average Bonchev–Trinajstić information content (AvgIpc) is 2.57. The second-order valence-electron chi connectivity index (χ2n) is 5.88. The summed E-state index contributed by atoms with van der Waals surface area (Å²) in [6.07, 6.45) is 4.66. The van der Waals surface area contributed by atoms with Crippen molar-refractivity contribution in [3.8, 4) is 11.1 Å². The quantitative estimate of drug-likeness (QED) is 0.785. The van der Waals surface area contributed by atoms with E-state index in [2.05, 4.69) is 4.90 Å². The summed E-state index contributed by atoms with van der Waals surface area (Å²) in [6, 6.07) is 12.3. The second-order valence-corrected chi connectivity index (χ2v) is 5.88. The molecule has 1 fully saturated rings.